The highest BCUT2D eigenvalue weighted by molar-refractivity contribution is 6.31. The minimum Gasteiger partial charge on any atom is -0.497 e. The first-order valence-electron chi connectivity index (χ1n) is 7.90. The van der Waals surface area contributed by atoms with Gasteiger partial charge in [-0.25, -0.2) is 9.82 Å². The Balaban J connectivity index is 1.80. The molecule has 2 aromatic rings. The quantitative estimate of drug-likeness (QED) is 0.781. The molecule has 3 unspecified atom stereocenters. The number of amides is 1. The summed E-state index contributed by atoms with van der Waals surface area (Å²) in [7, 11) is 1.61. The van der Waals surface area contributed by atoms with E-state index in [-0.39, 0.29) is 17.5 Å². The van der Waals surface area contributed by atoms with Crippen molar-refractivity contribution in [3.05, 3.63) is 64.4 Å². The van der Waals surface area contributed by atoms with E-state index in [0.717, 1.165) is 11.3 Å². The summed E-state index contributed by atoms with van der Waals surface area (Å²) >= 11 is 5.87. The summed E-state index contributed by atoms with van der Waals surface area (Å²) in [4.78, 5) is 12.5. The van der Waals surface area contributed by atoms with Gasteiger partial charge in [-0.15, -0.1) is 0 Å². The number of hydrogen-bond acceptors (Lipinski definition) is 4. The summed E-state index contributed by atoms with van der Waals surface area (Å²) in [5, 5.41) is 3.14. The van der Waals surface area contributed by atoms with Crippen LogP contribution in [-0.4, -0.2) is 25.2 Å². The van der Waals surface area contributed by atoms with Crippen molar-refractivity contribution in [3.63, 3.8) is 0 Å². The van der Waals surface area contributed by atoms with Gasteiger partial charge in [0.15, 0.2) is 0 Å². The van der Waals surface area contributed by atoms with Gasteiger partial charge in [0, 0.05) is 17.0 Å². The van der Waals surface area contributed by atoms with Crippen LogP contribution in [0, 0.1) is 5.82 Å². The lowest BCUT2D eigenvalue weighted by Crippen LogP contribution is -2.46. The molecule has 1 fully saturated rings. The summed E-state index contributed by atoms with van der Waals surface area (Å²) in [6.07, 6.45) is -0.394. The highest BCUT2D eigenvalue weighted by Crippen LogP contribution is 2.28. The number of hydrogen-bond donors (Lipinski definition) is 3. The van der Waals surface area contributed by atoms with Gasteiger partial charge in [-0.05, 0) is 42.8 Å². The lowest BCUT2D eigenvalue weighted by Gasteiger charge is -2.23. The smallest absolute Gasteiger partial charge is 0.255 e. The zero-order chi connectivity index (χ0) is 18.0. The molecule has 0 radical (unpaired) electrons. The van der Waals surface area contributed by atoms with Crippen LogP contribution in [0.4, 0.5) is 4.39 Å². The minimum atomic E-state index is -0.609. The maximum atomic E-state index is 13.9. The molecule has 1 saturated heterocycles. The van der Waals surface area contributed by atoms with Gasteiger partial charge in [-0.2, -0.15) is 0 Å². The third-order valence-corrected chi connectivity index (χ3v) is 4.56. The molecule has 2 aromatic carbocycles. The first-order chi connectivity index (χ1) is 12.0. The van der Waals surface area contributed by atoms with Gasteiger partial charge in [-0.3, -0.25) is 10.2 Å². The van der Waals surface area contributed by atoms with Crippen molar-refractivity contribution in [1.29, 1.82) is 0 Å². The van der Waals surface area contributed by atoms with Crippen LogP contribution in [0.15, 0.2) is 42.5 Å². The standard InChI is InChI=1S/C18H19ClFN3O2/c1-10-16(11-3-6-13(25-2)7-4-11)17(23-22-10)21-18(24)14-9-12(19)5-8-15(14)20/h3-10,16-17,22-23H,1-2H3,(H,21,24). The Hall–Kier alpha value is -2.15. The van der Waals surface area contributed by atoms with Crippen molar-refractivity contribution in [2.24, 2.45) is 0 Å². The molecular formula is C18H19ClFN3O2. The maximum Gasteiger partial charge on any atom is 0.255 e. The van der Waals surface area contributed by atoms with Gasteiger partial charge in [0.1, 0.15) is 17.7 Å². The summed E-state index contributed by atoms with van der Waals surface area (Å²) in [5.74, 6) is -0.400. The fraction of sp³-hybridized carbons (Fsp3) is 0.278. The summed E-state index contributed by atoms with van der Waals surface area (Å²) in [5.41, 5.74) is 7.11. The number of carbonyl (C=O) groups is 1. The predicted octanol–water partition coefficient (Wildman–Crippen LogP) is 2.82. The second kappa shape index (κ2) is 7.39. The normalized spacial score (nSPS) is 22.6. The Bertz CT molecular complexity index is 769. The van der Waals surface area contributed by atoms with E-state index in [2.05, 4.69) is 16.2 Å². The molecule has 7 heteroatoms. The van der Waals surface area contributed by atoms with Crippen molar-refractivity contribution in [1.82, 2.24) is 16.2 Å². The Morgan fingerprint density at radius 1 is 1.20 bits per heavy atom. The van der Waals surface area contributed by atoms with Gasteiger partial charge in [-0.1, -0.05) is 23.7 Å². The van der Waals surface area contributed by atoms with Gasteiger partial charge < -0.3 is 10.1 Å². The molecule has 3 atom stereocenters. The number of ether oxygens (including phenoxy) is 1. The Kier molecular flexibility index (Phi) is 5.22. The monoisotopic (exact) mass is 363 g/mol. The van der Waals surface area contributed by atoms with Gasteiger partial charge in [0.25, 0.3) is 5.91 Å². The average Bonchev–Trinajstić information content (AvgIpc) is 2.97. The van der Waals surface area contributed by atoms with E-state index in [1.807, 2.05) is 31.2 Å². The first kappa shape index (κ1) is 17.7. The molecule has 5 nitrogen and oxygen atoms in total. The lowest BCUT2D eigenvalue weighted by molar-refractivity contribution is 0.0924. The molecule has 3 rings (SSSR count). The Morgan fingerprint density at radius 2 is 1.92 bits per heavy atom. The number of nitrogens with one attached hydrogen (secondary N) is 3. The number of rotatable bonds is 4. The number of methoxy groups -OCH3 is 1. The molecule has 0 bridgehead atoms. The first-order valence-corrected chi connectivity index (χ1v) is 8.28. The van der Waals surface area contributed by atoms with Crippen LogP contribution in [0.2, 0.25) is 5.02 Å². The van der Waals surface area contributed by atoms with Crippen molar-refractivity contribution in [3.8, 4) is 5.75 Å². The molecule has 0 spiro atoms. The third-order valence-electron chi connectivity index (χ3n) is 4.32. The van der Waals surface area contributed by atoms with Crippen LogP contribution in [-0.2, 0) is 0 Å². The second-order valence-corrected chi connectivity index (χ2v) is 6.39. The predicted molar refractivity (Wildman–Crippen MR) is 94.1 cm³/mol. The van der Waals surface area contributed by atoms with E-state index in [1.165, 1.54) is 18.2 Å². The molecule has 0 aliphatic carbocycles. The van der Waals surface area contributed by atoms with Crippen molar-refractivity contribution in [2.75, 3.05) is 7.11 Å². The molecule has 0 saturated carbocycles. The zero-order valence-electron chi connectivity index (χ0n) is 13.8. The van der Waals surface area contributed by atoms with Crippen LogP contribution in [0.3, 0.4) is 0 Å². The van der Waals surface area contributed by atoms with Crippen LogP contribution >= 0.6 is 11.6 Å². The highest BCUT2D eigenvalue weighted by Gasteiger charge is 2.35. The summed E-state index contributed by atoms with van der Waals surface area (Å²) < 4.78 is 19.1. The molecule has 132 valence electrons. The number of carbonyl (C=O) groups excluding carboxylic acids is 1. The van der Waals surface area contributed by atoms with Crippen molar-refractivity contribution in [2.45, 2.75) is 25.0 Å². The fourth-order valence-corrected chi connectivity index (χ4v) is 3.19. The summed E-state index contributed by atoms with van der Waals surface area (Å²) in [6, 6.07) is 11.6. The van der Waals surface area contributed by atoms with Crippen LogP contribution in [0.5, 0.6) is 5.75 Å². The number of hydrazine groups is 1. The van der Waals surface area contributed by atoms with Crippen LogP contribution in [0.25, 0.3) is 0 Å². The van der Waals surface area contributed by atoms with Gasteiger partial charge in [0.05, 0.1) is 12.7 Å². The van der Waals surface area contributed by atoms with Crippen molar-refractivity contribution >= 4 is 17.5 Å². The maximum absolute atomic E-state index is 13.9. The number of benzene rings is 2. The molecular weight excluding hydrogens is 345 g/mol. The molecule has 1 aliphatic rings. The van der Waals surface area contributed by atoms with Crippen LogP contribution < -0.4 is 20.9 Å². The lowest BCUT2D eigenvalue weighted by atomic mass is 9.91. The Labute approximate surface area is 150 Å². The van der Waals surface area contributed by atoms with Gasteiger partial charge in [0.2, 0.25) is 0 Å². The summed E-state index contributed by atoms with van der Waals surface area (Å²) in [6.45, 7) is 2.01. The zero-order valence-corrected chi connectivity index (χ0v) is 14.6. The van der Waals surface area contributed by atoms with E-state index in [1.54, 1.807) is 7.11 Å². The van der Waals surface area contributed by atoms with E-state index in [0.29, 0.717) is 5.02 Å². The SMILES string of the molecule is COc1ccc(C2C(C)NNC2NC(=O)c2cc(Cl)ccc2F)cc1. The molecule has 25 heavy (non-hydrogen) atoms. The topological polar surface area (TPSA) is 62.4 Å². The van der Waals surface area contributed by atoms with E-state index >= 15 is 0 Å². The highest BCUT2D eigenvalue weighted by atomic mass is 35.5. The molecule has 0 aromatic heterocycles. The van der Waals surface area contributed by atoms with E-state index in [9.17, 15) is 9.18 Å². The largest absolute Gasteiger partial charge is 0.497 e. The van der Waals surface area contributed by atoms with Crippen LogP contribution in [0.1, 0.15) is 28.8 Å². The van der Waals surface area contributed by atoms with Gasteiger partial charge >= 0.3 is 0 Å². The Morgan fingerprint density at radius 3 is 2.60 bits per heavy atom. The molecule has 3 N–H and O–H groups in total. The minimum absolute atomic E-state index is 0.0305. The second-order valence-electron chi connectivity index (χ2n) is 5.95. The number of halogens is 2. The average molecular weight is 364 g/mol. The molecule has 1 aliphatic heterocycles. The third kappa shape index (κ3) is 3.76. The van der Waals surface area contributed by atoms with Crippen molar-refractivity contribution < 1.29 is 13.9 Å². The fourth-order valence-electron chi connectivity index (χ4n) is 3.01. The molecule has 1 heterocycles. The van der Waals surface area contributed by atoms with E-state index in [4.69, 9.17) is 16.3 Å². The van der Waals surface area contributed by atoms with E-state index < -0.39 is 17.9 Å². The molecule has 1 amide bonds.